The lowest BCUT2D eigenvalue weighted by Gasteiger charge is -2.34. The van der Waals surface area contributed by atoms with E-state index >= 15 is 0 Å². The molecule has 0 fully saturated rings. The molecule has 84 valence electrons. The van der Waals surface area contributed by atoms with Crippen LogP contribution in [-0.4, -0.2) is 0 Å². The maximum absolute atomic E-state index is 2.37. The van der Waals surface area contributed by atoms with Crippen LogP contribution in [0.3, 0.4) is 0 Å². The number of benzene rings is 1. The van der Waals surface area contributed by atoms with Crippen molar-refractivity contribution in [3.8, 4) is 0 Å². The van der Waals surface area contributed by atoms with Crippen molar-refractivity contribution in [2.24, 2.45) is 11.3 Å². The van der Waals surface area contributed by atoms with Crippen LogP contribution < -0.4 is 0 Å². The lowest BCUT2D eigenvalue weighted by molar-refractivity contribution is 0.216. The molecule has 0 saturated heterocycles. The molecular formula is C15H24. The van der Waals surface area contributed by atoms with Crippen LogP contribution in [0.2, 0.25) is 0 Å². The Kier molecular flexibility index (Phi) is 3.59. The lowest BCUT2D eigenvalue weighted by atomic mass is 9.71. The lowest BCUT2D eigenvalue weighted by Crippen LogP contribution is -2.26. The van der Waals surface area contributed by atoms with Gasteiger partial charge < -0.3 is 0 Å². The topological polar surface area (TPSA) is 0 Å². The van der Waals surface area contributed by atoms with E-state index in [1.165, 1.54) is 19.3 Å². The molecule has 0 spiro atoms. The average molecular weight is 204 g/mol. The van der Waals surface area contributed by atoms with E-state index in [2.05, 4.69) is 45.0 Å². The monoisotopic (exact) mass is 204 g/mol. The number of hydrogen-bond acceptors (Lipinski definition) is 0. The van der Waals surface area contributed by atoms with Gasteiger partial charge in [-0.05, 0) is 41.7 Å². The summed E-state index contributed by atoms with van der Waals surface area (Å²) >= 11 is 0. The zero-order valence-corrected chi connectivity index (χ0v) is 9.51. The molecule has 0 aromatic heterocycles. The van der Waals surface area contributed by atoms with Crippen LogP contribution in [0.5, 0.6) is 0 Å². The van der Waals surface area contributed by atoms with Crippen molar-refractivity contribution >= 4 is 0 Å². The second-order valence-electron chi connectivity index (χ2n) is 5.57. The van der Waals surface area contributed by atoms with Gasteiger partial charge in [-0.25, -0.2) is 0 Å². The summed E-state index contributed by atoms with van der Waals surface area (Å²) in [5.74, 6) is 0.859. The summed E-state index contributed by atoms with van der Waals surface area (Å²) in [6.45, 7) is 7.10. The van der Waals surface area contributed by atoms with E-state index in [-0.39, 0.29) is 7.43 Å². The van der Waals surface area contributed by atoms with E-state index in [9.17, 15) is 0 Å². The number of rotatable bonds is 0. The molecule has 1 atom stereocenters. The first-order chi connectivity index (χ1) is 6.57. The SMILES string of the molecule is C.CC(C)(C)C1CCc2ccccc2C1. The molecule has 0 saturated carbocycles. The molecule has 0 N–H and O–H groups in total. The van der Waals surface area contributed by atoms with E-state index in [0.717, 1.165) is 5.92 Å². The molecule has 0 amide bonds. The smallest absolute Gasteiger partial charge is 0.0243 e. The van der Waals surface area contributed by atoms with Crippen LogP contribution in [-0.2, 0) is 12.8 Å². The van der Waals surface area contributed by atoms with Gasteiger partial charge in [0.2, 0.25) is 0 Å². The predicted octanol–water partition coefficient (Wildman–Crippen LogP) is 4.47. The summed E-state index contributed by atoms with van der Waals surface area (Å²) < 4.78 is 0. The highest BCUT2D eigenvalue weighted by Gasteiger charge is 2.28. The molecular weight excluding hydrogens is 180 g/mol. The maximum atomic E-state index is 2.37. The first kappa shape index (κ1) is 12.3. The molecule has 0 heterocycles. The highest BCUT2D eigenvalue weighted by Crippen LogP contribution is 2.36. The van der Waals surface area contributed by atoms with Crippen molar-refractivity contribution in [3.63, 3.8) is 0 Å². The standard InChI is InChI=1S/C14H20.CH4/c1-14(2,3)13-9-8-11-6-4-5-7-12(11)10-13;/h4-7,13H,8-10H2,1-3H3;1H4. The van der Waals surface area contributed by atoms with Crippen molar-refractivity contribution in [1.82, 2.24) is 0 Å². The van der Waals surface area contributed by atoms with E-state index in [1.807, 2.05) is 0 Å². The molecule has 15 heavy (non-hydrogen) atoms. The van der Waals surface area contributed by atoms with Gasteiger partial charge in [-0.1, -0.05) is 52.5 Å². The van der Waals surface area contributed by atoms with Gasteiger partial charge in [0.25, 0.3) is 0 Å². The van der Waals surface area contributed by atoms with Gasteiger partial charge in [-0.3, -0.25) is 0 Å². The quantitative estimate of drug-likeness (QED) is 0.585. The van der Waals surface area contributed by atoms with Crippen molar-refractivity contribution in [2.45, 2.75) is 47.5 Å². The van der Waals surface area contributed by atoms with Crippen LogP contribution in [0.4, 0.5) is 0 Å². The van der Waals surface area contributed by atoms with Gasteiger partial charge in [-0.15, -0.1) is 0 Å². The molecule has 0 bridgehead atoms. The summed E-state index contributed by atoms with van der Waals surface area (Å²) in [6, 6.07) is 8.92. The largest absolute Gasteiger partial charge is 0.0776 e. The summed E-state index contributed by atoms with van der Waals surface area (Å²) in [4.78, 5) is 0. The van der Waals surface area contributed by atoms with Crippen LogP contribution in [0.15, 0.2) is 24.3 Å². The van der Waals surface area contributed by atoms with E-state index in [4.69, 9.17) is 0 Å². The Balaban J connectivity index is 0.00000112. The molecule has 0 aliphatic heterocycles. The van der Waals surface area contributed by atoms with Crippen molar-refractivity contribution in [2.75, 3.05) is 0 Å². The Morgan fingerprint density at radius 1 is 1.07 bits per heavy atom. The number of fused-ring (bicyclic) bond motifs is 1. The van der Waals surface area contributed by atoms with Crippen molar-refractivity contribution in [1.29, 1.82) is 0 Å². The van der Waals surface area contributed by atoms with Crippen LogP contribution in [0, 0.1) is 11.3 Å². The van der Waals surface area contributed by atoms with Crippen molar-refractivity contribution < 1.29 is 0 Å². The fourth-order valence-electron chi connectivity index (χ4n) is 2.44. The minimum Gasteiger partial charge on any atom is -0.0776 e. The first-order valence-electron chi connectivity index (χ1n) is 5.64. The Bertz CT molecular complexity index is 317. The first-order valence-corrected chi connectivity index (χ1v) is 5.64. The Hall–Kier alpha value is -0.780. The van der Waals surface area contributed by atoms with E-state index in [1.54, 1.807) is 11.1 Å². The Morgan fingerprint density at radius 2 is 1.67 bits per heavy atom. The predicted molar refractivity (Wildman–Crippen MR) is 68.1 cm³/mol. The molecule has 1 aromatic carbocycles. The summed E-state index contributed by atoms with van der Waals surface area (Å²) in [5.41, 5.74) is 3.62. The maximum Gasteiger partial charge on any atom is -0.0243 e. The third-order valence-electron chi connectivity index (χ3n) is 3.57. The number of hydrogen-bond donors (Lipinski definition) is 0. The molecule has 0 radical (unpaired) electrons. The molecule has 0 nitrogen and oxygen atoms in total. The van der Waals surface area contributed by atoms with Gasteiger partial charge in [0, 0.05) is 0 Å². The highest BCUT2D eigenvalue weighted by atomic mass is 14.3. The molecule has 1 aliphatic carbocycles. The second-order valence-corrected chi connectivity index (χ2v) is 5.57. The van der Waals surface area contributed by atoms with Crippen LogP contribution in [0.1, 0.15) is 45.7 Å². The zero-order chi connectivity index (χ0) is 10.2. The third kappa shape index (κ3) is 2.62. The van der Waals surface area contributed by atoms with Crippen molar-refractivity contribution in [3.05, 3.63) is 35.4 Å². The van der Waals surface area contributed by atoms with Gasteiger partial charge in [0.1, 0.15) is 0 Å². The third-order valence-corrected chi connectivity index (χ3v) is 3.57. The highest BCUT2D eigenvalue weighted by molar-refractivity contribution is 5.29. The average Bonchev–Trinajstić information content (AvgIpc) is 2.16. The second kappa shape index (κ2) is 4.38. The normalized spacial score (nSPS) is 20.3. The van der Waals surface area contributed by atoms with Gasteiger partial charge >= 0.3 is 0 Å². The van der Waals surface area contributed by atoms with Gasteiger partial charge in [0.15, 0.2) is 0 Å². The fraction of sp³-hybridized carbons (Fsp3) is 0.600. The molecule has 0 heteroatoms. The minimum absolute atomic E-state index is 0. The Labute approximate surface area is 94.7 Å². The summed E-state index contributed by atoms with van der Waals surface area (Å²) in [6.07, 6.45) is 3.91. The molecule has 2 rings (SSSR count). The molecule has 1 aliphatic rings. The van der Waals surface area contributed by atoms with Crippen LogP contribution >= 0.6 is 0 Å². The van der Waals surface area contributed by atoms with E-state index < -0.39 is 0 Å². The molecule has 1 aromatic rings. The fourth-order valence-corrected chi connectivity index (χ4v) is 2.44. The van der Waals surface area contributed by atoms with Crippen LogP contribution in [0.25, 0.3) is 0 Å². The van der Waals surface area contributed by atoms with E-state index in [0.29, 0.717) is 5.41 Å². The minimum atomic E-state index is 0. The zero-order valence-electron chi connectivity index (χ0n) is 9.51. The van der Waals surface area contributed by atoms with Gasteiger partial charge in [0.05, 0.1) is 0 Å². The summed E-state index contributed by atoms with van der Waals surface area (Å²) in [5, 5.41) is 0. The number of aryl methyl sites for hydroxylation is 1. The Morgan fingerprint density at radius 3 is 2.27 bits per heavy atom. The molecule has 1 unspecified atom stereocenters. The van der Waals surface area contributed by atoms with Gasteiger partial charge in [-0.2, -0.15) is 0 Å². The summed E-state index contributed by atoms with van der Waals surface area (Å²) in [7, 11) is 0.